The molecule has 1 aliphatic heterocycles. The van der Waals surface area contributed by atoms with E-state index in [1.54, 1.807) is 6.07 Å². The van der Waals surface area contributed by atoms with Gasteiger partial charge >= 0.3 is 6.03 Å². The van der Waals surface area contributed by atoms with Crippen LogP contribution in [0.25, 0.3) is 0 Å². The van der Waals surface area contributed by atoms with Crippen molar-refractivity contribution >= 4 is 41.1 Å². The van der Waals surface area contributed by atoms with Crippen molar-refractivity contribution in [3.05, 3.63) is 11.2 Å². The number of carbonyl (C=O) groups is 2. The summed E-state index contributed by atoms with van der Waals surface area (Å²) >= 11 is 7.45. The number of anilines is 1. The van der Waals surface area contributed by atoms with Crippen molar-refractivity contribution in [2.24, 2.45) is 5.92 Å². The number of urea groups is 1. The number of nitrogens with one attached hydrogen (secondary N) is 2. The van der Waals surface area contributed by atoms with Crippen LogP contribution in [0, 0.1) is 5.92 Å². The normalized spacial score (nSPS) is 15.4. The van der Waals surface area contributed by atoms with Gasteiger partial charge < -0.3 is 20.4 Å². The fourth-order valence-corrected chi connectivity index (χ4v) is 3.58. The highest BCUT2D eigenvalue weighted by molar-refractivity contribution is 7.99. The third-order valence-electron chi connectivity index (χ3n) is 4.80. The van der Waals surface area contributed by atoms with Crippen molar-refractivity contribution in [2.75, 3.05) is 43.4 Å². The molecule has 1 unspecified atom stereocenters. The minimum absolute atomic E-state index is 0.0231. The highest BCUT2D eigenvalue weighted by Crippen LogP contribution is 2.23. The average molecular weight is 443 g/mol. The molecule has 8 nitrogen and oxygen atoms in total. The topological polar surface area (TPSA) is 90.5 Å². The molecule has 3 amide bonds. The Bertz CT molecular complexity index is 697. The number of halogens is 1. The van der Waals surface area contributed by atoms with Gasteiger partial charge in [-0.05, 0) is 19.3 Å². The number of aromatic nitrogens is 2. The molecule has 0 aromatic carbocycles. The smallest absolute Gasteiger partial charge is 0.317 e. The van der Waals surface area contributed by atoms with E-state index >= 15 is 0 Å². The molecule has 0 spiro atoms. The lowest BCUT2D eigenvalue weighted by molar-refractivity contribution is -0.119. The van der Waals surface area contributed by atoms with E-state index in [-0.39, 0.29) is 23.7 Å². The second-order valence-electron chi connectivity index (χ2n) is 7.43. The molecule has 1 aromatic rings. The Morgan fingerprint density at radius 3 is 2.52 bits per heavy atom. The summed E-state index contributed by atoms with van der Waals surface area (Å²) in [5.74, 6) is 1.29. The summed E-state index contributed by atoms with van der Waals surface area (Å²) in [5.41, 5.74) is 0. The predicted octanol–water partition coefficient (Wildman–Crippen LogP) is 2.62. The molecule has 2 rings (SSSR count). The van der Waals surface area contributed by atoms with Crippen LogP contribution in [0.1, 0.15) is 34.1 Å². The van der Waals surface area contributed by atoms with Gasteiger partial charge in [-0.2, -0.15) is 0 Å². The molecule has 10 heteroatoms. The summed E-state index contributed by atoms with van der Waals surface area (Å²) in [6.07, 6.45) is 0.917. The number of nitrogens with zero attached hydrogens (tertiary/aromatic N) is 4. The van der Waals surface area contributed by atoms with Crippen molar-refractivity contribution in [1.29, 1.82) is 0 Å². The Hall–Kier alpha value is -1.74. The lowest BCUT2D eigenvalue weighted by atomic mass is 10.1. The molecular weight excluding hydrogens is 412 g/mol. The maximum absolute atomic E-state index is 12.1. The fraction of sp³-hybridized carbons (Fsp3) is 0.684. The van der Waals surface area contributed by atoms with Crippen LogP contribution in [0.5, 0.6) is 0 Å². The maximum atomic E-state index is 12.1. The molecule has 1 aromatic heterocycles. The minimum atomic E-state index is -0.0481. The van der Waals surface area contributed by atoms with E-state index in [9.17, 15) is 9.59 Å². The van der Waals surface area contributed by atoms with Gasteiger partial charge in [0.2, 0.25) is 5.91 Å². The summed E-state index contributed by atoms with van der Waals surface area (Å²) in [6.45, 7) is 11.4. The third kappa shape index (κ3) is 7.54. The zero-order valence-electron chi connectivity index (χ0n) is 17.6. The second-order valence-corrected chi connectivity index (χ2v) is 8.76. The Morgan fingerprint density at radius 2 is 1.90 bits per heavy atom. The maximum Gasteiger partial charge on any atom is 0.317 e. The molecule has 2 N–H and O–H groups in total. The molecule has 0 bridgehead atoms. The molecule has 0 aliphatic carbocycles. The van der Waals surface area contributed by atoms with Crippen LogP contribution in [-0.4, -0.2) is 71.3 Å². The molecule has 0 saturated carbocycles. The first-order valence-electron chi connectivity index (χ1n) is 10.0. The van der Waals surface area contributed by atoms with Gasteiger partial charge in [0.15, 0.2) is 5.16 Å². The molecule has 1 saturated heterocycles. The van der Waals surface area contributed by atoms with Crippen LogP contribution in [0.4, 0.5) is 10.6 Å². The number of amides is 3. The standard InChI is InChI=1S/C19H31ClN6O2S/c1-5-6-21-19(28)26-9-7-25(8-10-26)16-11-15(20)23-18(24-16)29-12-17(27)22-14(4)13(2)3/h11,13-14H,5-10,12H2,1-4H3,(H,21,28)(H,22,27). The van der Waals surface area contributed by atoms with Gasteiger partial charge in [-0.1, -0.05) is 44.1 Å². The number of hydrogen-bond donors (Lipinski definition) is 2. The quantitative estimate of drug-likeness (QED) is 0.365. The first-order chi connectivity index (χ1) is 13.8. The van der Waals surface area contributed by atoms with Gasteiger partial charge in [-0.15, -0.1) is 0 Å². The molecule has 1 atom stereocenters. The Kier molecular flexibility index (Phi) is 9.29. The van der Waals surface area contributed by atoms with Crippen molar-refractivity contribution in [1.82, 2.24) is 25.5 Å². The number of rotatable bonds is 8. The van der Waals surface area contributed by atoms with Crippen molar-refractivity contribution < 1.29 is 9.59 Å². The molecule has 2 heterocycles. The van der Waals surface area contributed by atoms with E-state index in [0.29, 0.717) is 49.0 Å². The minimum Gasteiger partial charge on any atom is -0.353 e. The van der Waals surface area contributed by atoms with Crippen LogP contribution >= 0.6 is 23.4 Å². The third-order valence-corrected chi connectivity index (χ3v) is 5.84. The van der Waals surface area contributed by atoms with Gasteiger partial charge in [0, 0.05) is 44.8 Å². The monoisotopic (exact) mass is 442 g/mol. The number of carbonyl (C=O) groups excluding carboxylic acids is 2. The van der Waals surface area contributed by atoms with Gasteiger partial charge in [0.05, 0.1) is 5.75 Å². The molecule has 0 radical (unpaired) electrons. The zero-order valence-corrected chi connectivity index (χ0v) is 19.1. The van der Waals surface area contributed by atoms with E-state index in [0.717, 1.165) is 12.2 Å². The fourth-order valence-electron chi connectivity index (χ4n) is 2.69. The average Bonchev–Trinajstić information content (AvgIpc) is 2.70. The van der Waals surface area contributed by atoms with Crippen LogP contribution < -0.4 is 15.5 Å². The Balaban J connectivity index is 1.90. The number of piperazine rings is 1. The summed E-state index contributed by atoms with van der Waals surface area (Å²) in [5, 5.41) is 6.69. The largest absolute Gasteiger partial charge is 0.353 e. The first kappa shape index (κ1) is 23.5. The Labute approximate surface area is 182 Å². The SMILES string of the molecule is CCCNC(=O)N1CCN(c2cc(Cl)nc(SCC(=O)NC(C)C(C)C)n2)CC1. The van der Waals surface area contributed by atoms with E-state index in [4.69, 9.17) is 11.6 Å². The second kappa shape index (κ2) is 11.4. The summed E-state index contributed by atoms with van der Waals surface area (Å²) < 4.78 is 0. The molecule has 162 valence electrons. The van der Waals surface area contributed by atoms with Gasteiger partial charge in [0.25, 0.3) is 0 Å². The van der Waals surface area contributed by atoms with Crippen LogP contribution in [0.3, 0.4) is 0 Å². The number of hydrogen-bond acceptors (Lipinski definition) is 6. The summed E-state index contributed by atoms with van der Waals surface area (Å²) in [4.78, 5) is 36.9. The lowest BCUT2D eigenvalue weighted by Crippen LogP contribution is -2.52. The van der Waals surface area contributed by atoms with Crippen LogP contribution in [0.15, 0.2) is 11.2 Å². The highest BCUT2D eigenvalue weighted by atomic mass is 35.5. The zero-order chi connectivity index (χ0) is 21.4. The number of thioether (sulfide) groups is 1. The van der Waals surface area contributed by atoms with Gasteiger partial charge in [0.1, 0.15) is 11.0 Å². The van der Waals surface area contributed by atoms with Gasteiger partial charge in [-0.25, -0.2) is 14.8 Å². The van der Waals surface area contributed by atoms with E-state index in [1.807, 2.05) is 18.7 Å². The van der Waals surface area contributed by atoms with E-state index < -0.39 is 0 Å². The lowest BCUT2D eigenvalue weighted by Gasteiger charge is -2.35. The van der Waals surface area contributed by atoms with Crippen LogP contribution in [0.2, 0.25) is 5.15 Å². The first-order valence-corrected chi connectivity index (χ1v) is 11.4. The molecular formula is C19H31ClN6O2S. The predicted molar refractivity (Wildman–Crippen MR) is 118 cm³/mol. The van der Waals surface area contributed by atoms with Crippen molar-refractivity contribution in [3.63, 3.8) is 0 Å². The molecule has 29 heavy (non-hydrogen) atoms. The highest BCUT2D eigenvalue weighted by Gasteiger charge is 2.22. The van der Waals surface area contributed by atoms with E-state index in [2.05, 4.69) is 39.3 Å². The summed E-state index contributed by atoms with van der Waals surface area (Å²) in [6, 6.07) is 1.81. The van der Waals surface area contributed by atoms with E-state index in [1.165, 1.54) is 11.8 Å². The van der Waals surface area contributed by atoms with Crippen molar-refractivity contribution in [3.8, 4) is 0 Å². The molecule has 1 fully saturated rings. The van der Waals surface area contributed by atoms with Crippen molar-refractivity contribution in [2.45, 2.75) is 45.3 Å². The Morgan fingerprint density at radius 1 is 1.21 bits per heavy atom. The summed E-state index contributed by atoms with van der Waals surface area (Å²) in [7, 11) is 0. The van der Waals surface area contributed by atoms with Crippen LogP contribution in [-0.2, 0) is 4.79 Å². The molecule has 1 aliphatic rings. The van der Waals surface area contributed by atoms with Gasteiger partial charge in [-0.3, -0.25) is 4.79 Å².